The molecule has 12 nitrogen and oxygen atoms in total. The number of likely N-dealkylation sites (tertiary alicyclic amines) is 1. The second kappa shape index (κ2) is 13.4. The quantitative estimate of drug-likeness (QED) is 0.312. The highest BCUT2D eigenvalue weighted by molar-refractivity contribution is 6.09. The first-order chi connectivity index (χ1) is 21.6. The zero-order valence-corrected chi connectivity index (χ0v) is 26.6. The molecule has 0 bridgehead atoms. The van der Waals surface area contributed by atoms with Crippen molar-refractivity contribution in [2.45, 2.75) is 71.2 Å². The van der Waals surface area contributed by atoms with Crippen molar-refractivity contribution in [1.82, 2.24) is 15.2 Å². The summed E-state index contributed by atoms with van der Waals surface area (Å²) in [7, 11) is 0. The van der Waals surface area contributed by atoms with Crippen molar-refractivity contribution in [3.8, 4) is 0 Å². The summed E-state index contributed by atoms with van der Waals surface area (Å²) in [4.78, 5) is 70.8. The fourth-order valence-corrected chi connectivity index (χ4v) is 4.94. The van der Waals surface area contributed by atoms with E-state index in [-0.39, 0.29) is 12.2 Å². The Morgan fingerprint density at radius 3 is 1.83 bits per heavy atom. The van der Waals surface area contributed by atoms with E-state index in [4.69, 9.17) is 9.47 Å². The number of aromatic nitrogens is 1. The highest BCUT2D eigenvalue weighted by Gasteiger charge is 2.55. The van der Waals surface area contributed by atoms with E-state index in [1.165, 1.54) is 18.3 Å². The Labute approximate surface area is 267 Å². The molecule has 0 aliphatic carbocycles. The Kier molecular flexibility index (Phi) is 9.79. The molecule has 0 radical (unpaired) electrons. The van der Waals surface area contributed by atoms with Crippen LogP contribution in [0.4, 0.5) is 20.2 Å². The van der Waals surface area contributed by atoms with Gasteiger partial charge in [-0.15, -0.1) is 0 Å². The summed E-state index contributed by atoms with van der Waals surface area (Å²) >= 11 is 0. The van der Waals surface area contributed by atoms with E-state index >= 15 is 0 Å². The van der Waals surface area contributed by atoms with Gasteiger partial charge in [-0.25, -0.2) is 29.1 Å². The van der Waals surface area contributed by atoms with Gasteiger partial charge in [0.1, 0.15) is 17.0 Å². The number of nitrogens with zero attached hydrogens (tertiary/aromatic N) is 3. The van der Waals surface area contributed by atoms with Gasteiger partial charge in [0.15, 0.2) is 6.04 Å². The zero-order chi connectivity index (χ0) is 33.8. The van der Waals surface area contributed by atoms with Crippen LogP contribution in [-0.4, -0.2) is 62.3 Å². The monoisotopic (exact) mass is 630 g/mol. The van der Waals surface area contributed by atoms with Gasteiger partial charge in [0.25, 0.3) is 0 Å². The van der Waals surface area contributed by atoms with Crippen LogP contribution >= 0.6 is 0 Å². The Hall–Kier alpha value is -5.26. The molecule has 1 aromatic heterocycles. The van der Waals surface area contributed by atoms with Gasteiger partial charge in [0.05, 0.1) is 12.0 Å². The molecule has 2 atom stereocenters. The van der Waals surface area contributed by atoms with Gasteiger partial charge < -0.3 is 19.9 Å². The lowest BCUT2D eigenvalue weighted by Gasteiger charge is -2.43. The van der Waals surface area contributed by atoms with Crippen molar-refractivity contribution in [2.75, 3.05) is 4.90 Å². The van der Waals surface area contributed by atoms with Gasteiger partial charge in [-0.1, -0.05) is 60.7 Å². The Balaban J connectivity index is 1.57. The lowest BCUT2D eigenvalue weighted by molar-refractivity contribution is -0.165. The predicted molar refractivity (Wildman–Crippen MR) is 168 cm³/mol. The van der Waals surface area contributed by atoms with E-state index in [1.54, 1.807) is 41.5 Å². The van der Waals surface area contributed by atoms with Crippen LogP contribution < -0.4 is 10.2 Å². The molecule has 1 aliphatic heterocycles. The van der Waals surface area contributed by atoms with E-state index in [2.05, 4.69) is 10.3 Å². The number of anilines is 1. The molecule has 1 aliphatic rings. The lowest BCUT2D eigenvalue weighted by Crippen LogP contribution is -2.68. The van der Waals surface area contributed by atoms with Crippen LogP contribution in [0.15, 0.2) is 79.0 Å². The molecule has 5 amide bonds. The summed E-state index contributed by atoms with van der Waals surface area (Å²) in [6, 6.07) is 18.2. The van der Waals surface area contributed by atoms with Gasteiger partial charge in [0.2, 0.25) is 5.91 Å². The Bertz CT molecular complexity index is 1530. The average molecular weight is 631 g/mol. The molecule has 4 rings (SSSR count). The number of hydrogen-bond donors (Lipinski definition) is 2. The number of hydrogen-bond acceptors (Lipinski definition) is 8. The molecule has 0 spiro atoms. The van der Waals surface area contributed by atoms with Crippen molar-refractivity contribution in [1.29, 1.82) is 0 Å². The first-order valence-electron chi connectivity index (χ1n) is 14.7. The third-order valence-electron chi connectivity index (χ3n) is 6.87. The minimum absolute atomic E-state index is 0.105. The fraction of sp³-hybridized carbons (Fsp3) is 0.353. The SMILES string of the molecule is CC(C)(C)OC(=O)N(C(=O)OC(C)(C)C)c1cc(C[C@H]2C(=O)N(C(=O)NC(c3ccccc3)c3ccccc3)[C@@H]2C(=O)O)ccn1. The van der Waals surface area contributed by atoms with Crippen LogP contribution in [0.1, 0.15) is 64.3 Å². The lowest BCUT2D eigenvalue weighted by atomic mass is 9.82. The predicted octanol–water partition coefficient (Wildman–Crippen LogP) is 5.71. The second-order valence-corrected chi connectivity index (χ2v) is 12.8. The Morgan fingerprint density at radius 1 is 0.870 bits per heavy atom. The smallest absolute Gasteiger partial charge is 0.425 e. The van der Waals surface area contributed by atoms with Crippen molar-refractivity contribution in [3.63, 3.8) is 0 Å². The van der Waals surface area contributed by atoms with E-state index in [0.29, 0.717) is 15.4 Å². The topological polar surface area (TPSA) is 155 Å². The molecule has 1 fully saturated rings. The highest BCUT2D eigenvalue weighted by Crippen LogP contribution is 2.33. The fourth-order valence-electron chi connectivity index (χ4n) is 4.94. The van der Waals surface area contributed by atoms with Crippen molar-refractivity contribution in [3.05, 3.63) is 95.7 Å². The number of carbonyl (C=O) groups is 5. The zero-order valence-electron chi connectivity index (χ0n) is 26.6. The normalized spacial score (nSPS) is 16.3. The van der Waals surface area contributed by atoms with Crippen LogP contribution in [0.5, 0.6) is 0 Å². The van der Waals surface area contributed by atoms with Crippen molar-refractivity contribution < 1.29 is 38.6 Å². The third kappa shape index (κ3) is 8.06. The van der Waals surface area contributed by atoms with Gasteiger partial charge in [-0.3, -0.25) is 4.79 Å². The first-order valence-corrected chi connectivity index (χ1v) is 14.7. The van der Waals surface area contributed by atoms with E-state index in [0.717, 1.165) is 11.1 Å². The van der Waals surface area contributed by atoms with Crippen molar-refractivity contribution >= 4 is 35.9 Å². The van der Waals surface area contributed by atoms with Crippen LogP contribution in [0.3, 0.4) is 0 Å². The molecule has 12 heteroatoms. The first kappa shape index (κ1) is 33.6. The summed E-state index contributed by atoms with van der Waals surface area (Å²) in [5.41, 5.74) is 0.0285. The van der Waals surface area contributed by atoms with E-state index in [9.17, 15) is 29.1 Å². The number of ether oxygens (including phenoxy) is 2. The molecule has 1 saturated heterocycles. The van der Waals surface area contributed by atoms with Crippen LogP contribution in [0.25, 0.3) is 0 Å². The third-order valence-corrected chi connectivity index (χ3v) is 6.87. The largest absolute Gasteiger partial charge is 0.480 e. The summed E-state index contributed by atoms with van der Waals surface area (Å²) < 4.78 is 10.8. The van der Waals surface area contributed by atoms with Crippen molar-refractivity contribution in [2.24, 2.45) is 5.92 Å². The number of rotatable bonds is 7. The summed E-state index contributed by atoms with van der Waals surface area (Å²) in [6.45, 7) is 9.83. The number of urea groups is 1. The molecule has 3 aromatic rings. The number of pyridine rings is 1. The number of imide groups is 2. The molecular formula is C34H38N4O8. The number of aliphatic carboxylic acids is 1. The van der Waals surface area contributed by atoms with E-state index < -0.39 is 59.3 Å². The van der Waals surface area contributed by atoms with Gasteiger partial charge >= 0.3 is 24.2 Å². The van der Waals surface area contributed by atoms with Crippen LogP contribution in [0, 0.1) is 5.92 Å². The number of benzene rings is 2. The summed E-state index contributed by atoms with van der Waals surface area (Å²) in [5.74, 6) is -3.27. The molecular weight excluding hydrogens is 592 g/mol. The maximum Gasteiger partial charge on any atom is 0.425 e. The number of carboxylic acids is 1. The molecule has 242 valence electrons. The summed E-state index contributed by atoms with van der Waals surface area (Å²) in [6.07, 6.45) is -0.834. The van der Waals surface area contributed by atoms with E-state index in [1.807, 2.05) is 60.7 Å². The molecule has 0 unspecified atom stereocenters. The Morgan fingerprint density at radius 2 is 1.37 bits per heavy atom. The number of carbonyl (C=O) groups excluding carboxylic acids is 4. The maximum atomic E-state index is 13.4. The van der Waals surface area contributed by atoms with Gasteiger partial charge in [-0.2, -0.15) is 4.90 Å². The number of nitrogens with one attached hydrogen (secondary N) is 1. The van der Waals surface area contributed by atoms with Crippen LogP contribution in [-0.2, 0) is 25.5 Å². The second-order valence-electron chi connectivity index (χ2n) is 12.8. The number of β-lactam (4-membered cyclic amide) rings is 1. The molecule has 46 heavy (non-hydrogen) atoms. The van der Waals surface area contributed by atoms with Gasteiger partial charge in [-0.05, 0) is 76.8 Å². The highest BCUT2D eigenvalue weighted by atomic mass is 16.6. The average Bonchev–Trinajstić information content (AvgIpc) is 2.96. The van der Waals surface area contributed by atoms with Gasteiger partial charge in [0, 0.05) is 6.20 Å². The minimum atomic E-state index is -1.45. The number of amides is 5. The summed E-state index contributed by atoms with van der Waals surface area (Å²) in [5, 5.41) is 12.9. The molecule has 2 heterocycles. The maximum absolute atomic E-state index is 13.4. The molecule has 2 aromatic carbocycles. The molecule has 2 N–H and O–H groups in total. The standard InChI is InChI=1S/C34H38N4O8/c1-33(2,3)45-31(43)37(32(44)46-34(4,5)6)25-20-21(17-18-35-25)19-24-27(29(40)41)38(28(24)39)30(42)36-26(22-13-9-7-10-14-22)23-15-11-8-12-16-23/h7-18,20,24,26-27H,19H2,1-6H3,(H,36,42)(H,40,41)/t24-,27+/m1/s1. The molecule has 0 saturated carbocycles. The number of carboxylic acid groups (broad SMARTS) is 1. The minimum Gasteiger partial charge on any atom is -0.480 e. The van der Waals surface area contributed by atoms with Crippen LogP contribution in [0.2, 0.25) is 0 Å².